The molecule has 0 radical (unpaired) electrons. The van der Waals surface area contributed by atoms with Gasteiger partial charge in [-0.2, -0.15) is 0 Å². The van der Waals surface area contributed by atoms with Crippen LogP contribution in [0.25, 0.3) is 39.6 Å². The molecule has 0 aliphatic carbocycles. The molecule has 0 spiro atoms. The minimum absolute atomic E-state index is 0.000253. The fourth-order valence-corrected chi connectivity index (χ4v) is 5.52. The smallest absolute Gasteiger partial charge is 0.257 e. The fourth-order valence-electron chi connectivity index (χ4n) is 4.86. The Bertz CT molecular complexity index is 1640. The lowest BCUT2D eigenvalue weighted by Gasteiger charge is -2.27. The van der Waals surface area contributed by atoms with E-state index in [9.17, 15) is 9.59 Å². The highest BCUT2D eigenvalue weighted by molar-refractivity contribution is 6.39. The van der Waals surface area contributed by atoms with E-state index in [4.69, 9.17) is 27.9 Å². The lowest BCUT2D eigenvalue weighted by molar-refractivity contribution is -0.108. The van der Waals surface area contributed by atoms with Gasteiger partial charge in [-0.15, -0.1) is 0 Å². The molecule has 0 saturated carbocycles. The van der Waals surface area contributed by atoms with E-state index >= 15 is 4.39 Å². The van der Waals surface area contributed by atoms with E-state index in [0.717, 1.165) is 5.56 Å². The highest BCUT2D eigenvalue weighted by Crippen LogP contribution is 2.43. The normalized spacial score (nSPS) is 12.7. The van der Waals surface area contributed by atoms with Crippen LogP contribution in [0.4, 0.5) is 4.39 Å². The minimum atomic E-state index is -0.646. The van der Waals surface area contributed by atoms with Crippen molar-refractivity contribution in [1.29, 1.82) is 0 Å². The number of benzene rings is 3. The minimum Gasteiger partial charge on any atom is -0.481 e. The van der Waals surface area contributed by atoms with E-state index in [1.54, 1.807) is 25.3 Å². The van der Waals surface area contributed by atoms with Crippen molar-refractivity contribution < 1.29 is 18.7 Å². The summed E-state index contributed by atoms with van der Waals surface area (Å²) in [6, 6.07) is 17.9. The third-order valence-electron chi connectivity index (χ3n) is 6.80. The number of halogens is 3. The molecule has 39 heavy (non-hydrogen) atoms. The van der Waals surface area contributed by atoms with Crippen molar-refractivity contribution in [3.05, 3.63) is 99.8 Å². The number of fused-ring (bicyclic) bond motifs is 1. The molecule has 0 bridgehead atoms. The van der Waals surface area contributed by atoms with Crippen LogP contribution in [0.2, 0.25) is 10.0 Å². The second-order valence-corrected chi connectivity index (χ2v) is 9.75. The van der Waals surface area contributed by atoms with Crippen LogP contribution in [-0.2, 0) is 11.2 Å². The van der Waals surface area contributed by atoms with E-state index in [1.165, 1.54) is 11.0 Å². The third-order valence-corrected chi connectivity index (χ3v) is 7.61. The Balaban J connectivity index is 1.57. The average molecular weight is 561 g/mol. The molecule has 0 unspecified atom stereocenters. The van der Waals surface area contributed by atoms with Gasteiger partial charge in [0.1, 0.15) is 12.1 Å². The number of aromatic nitrogens is 1. The quantitative estimate of drug-likeness (QED) is 0.221. The van der Waals surface area contributed by atoms with Crippen LogP contribution >= 0.6 is 23.2 Å². The Morgan fingerprint density at radius 2 is 1.69 bits per heavy atom. The van der Waals surface area contributed by atoms with Crippen LogP contribution in [0.15, 0.2) is 67.2 Å². The summed E-state index contributed by atoms with van der Waals surface area (Å²) in [6.07, 6.45) is 2.75. The molecular weight excluding hydrogens is 538 g/mol. The topological polar surface area (TPSA) is 59.5 Å². The number of aldehydes is 1. The Hall–Kier alpha value is -4.00. The molecule has 196 valence electrons. The first kappa shape index (κ1) is 26.6. The lowest BCUT2D eigenvalue weighted by atomic mass is 9.92. The summed E-state index contributed by atoms with van der Waals surface area (Å²) in [6.45, 7) is 4.07. The molecule has 1 aliphatic heterocycles. The van der Waals surface area contributed by atoms with Gasteiger partial charge in [0.25, 0.3) is 5.91 Å². The van der Waals surface area contributed by atoms with Crippen LogP contribution < -0.4 is 4.74 Å². The SMILES string of the molecule is C=Cc1ccc(-c2cccc(-c3cccc(-c4cc(F)c5c(c4)CCN(CC=O)C5=O)c3Cl)c2Cl)nc1OC. The molecule has 5 rings (SSSR count). The molecule has 1 aromatic heterocycles. The molecular formula is C31H23Cl2FN2O3. The molecule has 4 aromatic rings. The number of carbonyl (C=O) groups excluding carboxylic acids is 2. The predicted octanol–water partition coefficient (Wildman–Crippen LogP) is 7.38. The zero-order valence-corrected chi connectivity index (χ0v) is 22.5. The summed E-state index contributed by atoms with van der Waals surface area (Å²) in [4.78, 5) is 29.5. The highest BCUT2D eigenvalue weighted by atomic mass is 35.5. The zero-order chi connectivity index (χ0) is 27.7. The molecule has 8 heteroatoms. The summed E-state index contributed by atoms with van der Waals surface area (Å²) in [7, 11) is 1.54. The number of carbonyl (C=O) groups is 2. The molecule has 1 amide bonds. The first-order valence-corrected chi connectivity index (χ1v) is 12.9. The van der Waals surface area contributed by atoms with Crippen molar-refractivity contribution in [2.75, 3.05) is 20.2 Å². The van der Waals surface area contributed by atoms with Crippen LogP contribution in [0.5, 0.6) is 5.88 Å². The number of methoxy groups -OCH3 is 1. The van der Waals surface area contributed by atoms with E-state index in [-0.39, 0.29) is 12.1 Å². The summed E-state index contributed by atoms with van der Waals surface area (Å²) in [5.41, 5.74) is 5.18. The average Bonchev–Trinajstić information content (AvgIpc) is 2.94. The van der Waals surface area contributed by atoms with Gasteiger partial charge in [-0.05, 0) is 35.7 Å². The van der Waals surface area contributed by atoms with E-state index in [0.29, 0.717) is 74.3 Å². The third kappa shape index (κ3) is 4.82. The zero-order valence-electron chi connectivity index (χ0n) is 21.0. The number of ether oxygens (including phenoxy) is 1. The van der Waals surface area contributed by atoms with Crippen molar-refractivity contribution in [1.82, 2.24) is 9.88 Å². The van der Waals surface area contributed by atoms with Crippen LogP contribution in [-0.4, -0.2) is 42.3 Å². The van der Waals surface area contributed by atoms with Gasteiger partial charge in [0.05, 0.1) is 35.0 Å². The summed E-state index contributed by atoms with van der Waals surface area (Å²) < 4.78 is 20.6. The lowest BCUT2D eigenvalue weighted by Crippen LogP contribution is -2.39. The number of rotatable bonds is 7. The number of amides is 1. The van der Waals surface area contributed by atoms with Crippen molar-refractivity contribution >= 4 is 41.5 Å². The number of hydrogen-bond acceptors (Lipinski definition) is 4. The van der Waals surface area contributed by atoms with Crippen molar-refractivity contribution in [3.8, 4) is 39.4 Å². The van der Waals surface area contributed by atoms with Gasteiger partial charge in [-0.1, -0.05) is 78.3 Å². The summed E-state index contributed by atoms with van der Waals surface area (Å²) in [5.74, 6) is -0.694. The van der Waals surface area contributed by atoms with E-state index in [2.05, 4.69) is 11.6 Å². The molecule has 5 nitrogen and oxygen atoms in total. The van der Waals surface area contributed by atoms with Gasteiger partial charge in [0.2, 0.25) is 5.88 Å². The Kier molecular flexibility index (Phi) is 7.51. The van der Waals surface area contributed by atoms with E-state index in [1.807, 2.05) is 42.5 Å². The molecule has 0 N–H and O–H groups in total. The van der Waals surface area contributed by atoms with Crippen molar-refractivity contribution in [2.24, 2.45) is 0 Å². The summed E-state index contributed by atoms with van der Waals surface area (Å²) in [5, 5.41) is 0.850. The molecule has 2 heterocycles. The maximum Gasteiger partial charge on any atom is 0.257 e. The molecule has 0 fully saturated rings. The monoisotopic (exact) mass is 560 g/mol. The van der Waals surface area contributed by atoms with Crippen molar-refractivity contribution in [2.45, 2.75) is 6.42 Å². The second kappa shape index (κ2) is 11.0. The molecule has 0 saturated heterocycles. The van der Waals surface area contributed by atoms with E-state index < -0.39 is 11.7 Å². The standard InChI is InChI=1S/C31H23Cl2FN2O3/c1-3-18-10-11-26(35-30(18)39-2)24-9-5-8-23(29(24)33)22-7-4-6-21(28(22)32)20-16-19-12-13-36(14-15-37)31(38)27(19)25(34)17-20/h3-11,15-17H,1,12-14H2,2H3. The fraction of sp³-hybridized carbons (Fsp3) is 0.129. The first-order chi connectivity index (χ1) is 18.9. The van der Waals surface area contributed by atoms with Gasteiger partial charge >= 0.3 is 0 Å². The number of hydrogen-bond donors (Lipinski definition) is 0. The Labute approximate surface area is 235 Å². The van der Waals surface area contributed by atoms with Gasteiger partial charge in [0.15, 0.2) is 0 Å². The van der Waals surface area contributed by atoms with Gasteiger partial charge < -0.3 is 14.4 Å². The Morgan fingerprint density at radius 1 is 1.03 bits per heavy atom. The van der Waals surface area contributed by atoms with Crippen LogP contribution in [0.3, 0.4) is 0 Å². The van der Waals surface area contributed by atoms with Gasteiger partial charge in [0, 0.05) is 34.4 Å². The molecule has 1 aliphatic rings. The molecule has 3 aromatic carbocycles. The first-order valence-electron chi connectivity index (χ1n) is 12.2. The van der Waals surface area contributed by atoms with Crippen LogP contribution in [0, 0.1) is 5.82 Å². The van der Waals surface area contributed by atoms with Crippen molar-refractivity contribution in [3.63, 3.8) is 0 Å². The highest BCUT2D eigenvalue weighted by Gasteiger charge is 2.28. The van der Waals surface area contributed by atoms with Gasteiger partial charge in [-0.25, -0.2) is 9.37 Å². The summed E-state index contributed by atoms with van der Waals surface area (Å²) >= 11 is 13.8. The Morgan fingerprint density at radius 3 is 2.36 bits per heavy atom. The predicted molar refractivity (Wildman–Crippen MR) is 153 cm³/mol. The van der Waals surface area contributed by atoms with Crippen LogP contribution in [0.1, 0.15) is 21.5 Å². The maximum absolute atomic E-state index is 15.2. The number of nitrogens with zero attached hydrogens (tertiary/aromatic N) is 2. The largest absolute Gasteiger partial charge is 0.481 e. The number of pyridine rings is 1. The molecule has 0 atom stereocenters. The second-order valence-electron chi connectivity index (χ2n) is 8.99. The maximum atomic E-state index is 15.2. The van der Waals surface area contributed by atoms with Gasteiger partial charge in [-0.3, -0.25) is 4.79 Å².